The van der Waals surface area contributed by atoms with Crippen LogP contribution in [-0.4, -0.2) is 31.4 Å². The van der Waals surface area contributed by atoms with Crippen molar-refractivity contribution >= 4 is 23.4 Å². The fourth-order valence-electron chi connectivity index (χ4n) is 2.89. The molecule has 8 heteroatoms. The zero-order valence-electron chi connectivity index (χ0n) is 16.1. The first-order valence-electron chi connectivity index (χ1n) is 9.22. The van der Waals surface area contributed by atoms with E-state index in [1.54, 1.807) is 31.5 Å². The number of thioether (sulfide) groups is 1. The Bertz CT molecular complexity index is 1160. The Balaban J connectivity index is 1.57. The summed E-state index contributed by atoms with van der Waals surface area (Å²) in [5.41, 5.74) is 2.63. The zero-order valence-corrected chi connectivity index (χ0v) is 16.9. The average Bonchev–Trinajstić information content (AvgIpc) is 3.19. The number of carbonyl (C=O) groups is 1. The van der Waals surface area contributed by atoms with Crippen LogP contribution in [0.3, 0.4) is 0 Å². The highest BCUT2D eigenvalue weighted by atomic mass is 32.2. The minimum absolute atomic E-state index is 0.0608. The van der Waals surface area contributed by atoms with Crippen LogP contribution in [0.15, 0.2) is 78.2 Å². The lowest BCUT2D eigenvalue weighted by Crippen LogP contribution is -2.15. The first kappa shape index (κ1) is 19.8. The molecule has 30 heavy (non-hydrogen) atoms. The molecule has 1 amide bonds. The summed E-state index contributed by atoms with van der Waals surface area (Å²) < 4.78 is 15.9. The van der Waals surface area contributed by atoms with Gasteiger partial charge in [-0.1, -0.05) is 36.0 Å². The van der Waals surface area contributed by atoms with Gasteiger partial charge in [-0.2, -0.15) is 0 Å². The number of anilines is 1. The normalized spacial score (nSPS) is 10.7. The fraction of sp³-hybridized carbons (Fsp3) is 0.0909. The number of benzene rings is 2. The van der Waals surface area contributed by atoms with Gasteiger partial charge in [0, 0.05) is 23.6 Å². The highest BCUT2D eigenvalue weighted by Gasteiger charge is 2.17. The predicted octanol–water partition coefficient (Wildman–Crippen LogP) is 4.51. The number of pyridine rings is 1. The molecule has 0 aliphatic heterocycles. The molecule has 4 rings (SSSR count). The lowest BCUT2D eigenvalue weighted by molar-refractivity contribution is -0.113. The minimum atomic E-state index is -0.459. The maximum atomic E-state index is 14.0. The minimum Gasteiger partial charge on any atom is -0.323 e. The summed E-state index contributed by atoms with van der Waals surface area (Å²) in [7, 11) is 0. The van der Waals surface area contributed by atoms with Gasteiger partial charge in [-0.05, 0) is 48.9 Å². The number of nitrogens with zero attached hydrogens (tertiary/aromatic N) is 4. The Morgan fingerprint density at radius 1 is 1.10 bits per heavy atom. The maximum Gasteiger partial charge on any atom is 0.234 e. The molecule has 0 unspecified atom stereocenters. The summed E-state index contributed by atoms with van der Waals surface area (Å²) in [5.74, 6) is -0.0968. The van der Waals surface area contributed by atoms with Gasteiger partial charge in [0.1, 0.15) is 5.82 Å². The largest absolute Gasteiger partial charge is 0.323 e. The van der Waals surface area contributed by atoms with Gasteiger partial charge < -0.3 is 5.32 Å². The third-order valence-electron chi connectivity index (χ3n) is 4.30. The number of aryl methyl sites for hydroxylation is 1. The van der Waals surface area contributed by atoms with Crippen molar-refractivity contribution in [1.29, 1.82) is 0 Å². The van der Waals surface area contributed by atoms with Gasteiger partial charge in [-0.15, -0.1) is 10.2 Å². The van der Waals surface area contributed by atoms with Crippen molar-refractivity contribution in [3.63, 3.8) is 0 Å². The smallest absolute Gasteiger partial charge is 0.234 e. The first-order chi connectivity index (χ1) is 14.6. The molecule has 0 spiro atoms. The summed E-state index contributed by atoms with van der Waals surface area (Å²) in [6, 6.07) is 18.1. The number of halogens is 1. The second-order valence-electron chi connectivity index (χ2n) is 6.54. The second kappa shape index (κ2) is 8.87. The maximum absolute atomic E-state index is 14.0. The van der Waals surface area contributed by atoms with Crippen LogP contribution in [-0.2, 0) is 4.79 Å². The number of para-hydroxylation sites is 1. The van der Waals surface area contributed by atoms with E-state index >= 15 is 0 Å². The lowest BCUT2D eigenvalue weighted by atomic mass is 10.2. The van der Waals surface area contributed by atoms with Crippen LogP contribution in [0.25, 0.3) is 17.1 Å². The van der Waals surface area contributed by atoms with E-state index < -0.39 is 5.82 Å². The number of nitrogens with one attached hydrogen (secondary N) is 1. The van der Waals surface area contributed by atoms with Crippen molar-refractivity contribution in [3.8, 4) is 17.1 Å². The Labute approximate surface area is 177 Å². The van der Waals surface area contributed by atoms with E-state index in [1.807, 2.05) is 47.0 Å². The highest BCUT2D eigenvalue weighted by Crippen LogP contribution is 2.27. The van der Waals surface area contributed by atoms with Crippen molar-refractivity contribution in [2.45, 2.75) is 12.1 Å². The number of carbonyl (C=O) groups excluding carboxylic acids is 1. The number of rotatable bonds is 6. The molecule has 2 aromatic heterocycles. The van der Waals surface area contributed by atoms with Gasteiger partial charge in [0.05, 0.1) is 11.4 Å². The van der Waals surface area contributed by atoms with E-state index in [2.05, 4.69) is 20.5 Å². The van der Waals surface area contributed by atoms with Crippen molar-refractivity contribution in [2.75, 3.05) is 11.1 Å². The molecule has 0 aliphatic rings. The van der Waals surface area contributed by atoms with Crippen molar-refractivity contribution in [1.82, 2.24) is 19.7 Å². The summed E-state index contributed by atoms with van der Waals surface area (Å²) in [6.07, 6.45) is 3.40. The van der Waals surface area contributed by atoms with Crippen LogP contribution in [0.5, 0.6) is 0 Å². The molecule has 2 heterocycles. The van der Waals surface area contributed by atoms with Crippen molar-refractivity contribution < 1.29 is 9.18 Å². The monoisotopic (exact) mass is 419 g/mol. The molecule has 6 nitrogen and oxygen atoms in total. The van der Waals surface area contributed by atoms with E-state index in [4.69, 9.17) is 0 Å². The topological polar surface area (TPSA) is 72.7 Å². The Hall–Kier alpha value is -3.52. The van der Waals surface area contributed by atoms with Gasteiger partial charge in [0.2, 0.25) is 5.91 Å². The predicted molar refractivity (Wildman–Crippen MR) is 115 cm³/mol. The molecule has 0 bridgehead atoms. The van der Waals surface area contributed by atoms with Crippen molar-refractivity contribution in [2.24, 2.45) is 0 Å². The fourth-order valence-corrected chi connectivity index (χ4v) is 3.65. The number of aromatic nitrogens is 4. The molecule has 0 saturated carbocycles. The van der Waals surface area contributed by atoms with Crippen LogP contribution in [0.4, 0.5) is 10.1 Å². The second-order valence-corrected chi connectivity index (χ2v) is 7.48. The van der Waals surface area contributed by atoms with Crippen LogP contribution in [0, 0.1) is 12.7 Å². The highest BCUT2D eigenvalue weighted by molar-refractivity contribution is 7.99. The molecule has 0 fully saturated rings. The van der Waals surface area contributed by atoms with E-state index in [0.717, 1.165) is 16.8 Å². The summed E-state index contributed by atoms with van der Waals surface area (Å²) >= 11 is 1.23. The Morgan fingerprint density at radius 3 is 2.67 bits per heavy atom. The standard InChI is InChI=1S/C22H18FN5OS/c1-15-9-10-19(18(23)12-15)25-20(29)14-30-22-27-26-21(16-6-5-11-24-13-16)28(22)17-7-3-2-4-8-17/h2-13H,14H2,1H3,(H,25,29). The summed E-state index contributed by atoms with van der Waals surface area (Å²) in [6.45, 7) is 1.79. The van der Waals surface area contributed by atoms with Crippen LogP contribution < -0.4 is 5.32 Å². The van der Waals surface area contributed by atoms with Gasteiger partial charge >= 0.3 is 0 Å². The Kier molecular flexibility index (Phi) is 5.85. The molecule has 1 N–H and O–H groups in total. The number of amides is 1. The third-order valence-corrected chi connectivity index (χ3v) is 5.23. The van der Waals surface area contributed by atoms with Crippen LogP contribution >= 0.6 is 11.8 Å². The third kappa shape index (κ3) is 4.38. The van der Waals surface area contributed by atoms with Gasteiger partial charge in [0.25, 0.3) is 0 Å². The molecule has 2 aromatic carbocycles. The SMILES string of the molecule is Cc1ccc(NC(=O)CSc2nnc(-c3cccnc3)n2-c2ccccc2)c(F)c1. The van der Waals surface area contributed by atoms with Gasteiger partial charge in [-0.25, -0.2) is 4.39 Å². The summed E-state index contributed by atoms with van der Waals surface area (Å²) in [5, 5.41) is 11.7. The zero-order chi connectivity index (χ0) is 20.9. The molecule has 150 valence electrons. The van der Waals surface area contributed by atoms with Crippen LogP contribution in [0.2, 0.25) is 0 Å². The average molecular weight is 419 g/mol. The van der Waals surface area contributed by atoms with Crippen molar-refractivity contribution in [3.05, 3.63) is 84.4 Å². The quantitative estimate of drug-likeness (QED) is 0.466. The number of hydrogen-bond donors (Lipinski definition) is 1. The molecule has 4 aromatic rings. The van der Waals surface area contributed by atoms with E-state index in [-0.39, 0.29) is 17.3 Å². The molecular formula is C22H18FN5OS. The molecular weight excluding hydrogens is 401 g/mol. The molecule has 0 radical (unpaired) electrons. The molecule has 0 aliphatic carbocycles. The summed E-state index contributed by atoms with van der Waals surface area (Å²) in [4.78, 5) is 16.5. The van der Waals surface area contributed by atoms with Crippen LogP contribution in [0.1, 0.15) is 5.56 Å². The lowest BCUT2D eigenvalue weighted by Gasteiger charge is -2.10. The van der Waals surface area contributed by atoms with E-state index in [9.17, 15) is 9.18 Å². The molecule has 0 saturated heterocycles. The Morgan fingerprint density at radius 2 is 1.93 bits per heavy atom. The first-order valence-corrected chi connectivity index (χ1v) is 10.2. The number of hydrogen-bond acceptors (Lipinski definition) is 5. The van der Waals surface area contributed by atoms with Gasteiger partial charge in [0.15, 0.2) is 11.0 Å². The van der Waals surface area contributed by atoms with E-state index in [1.165, 1.54) is 17.8 Å². The van der Waals surface area contributed by atoms with E-state index in [0.29, 0.717) is 11.0 Å². The van der Waals surface area contributed by atoms with Gasteiger partial charge in [-0.3, -0.25) is 14.3 Å². The molecule has 0 atom stereocenters.